The predicted molar refractivity (Wildman–Crippen MR) is 73.5 cm³/mol. The van der Waals surface area contributed by atoms with Gasteiger partial charge in [-0.2, -0.15) is 0 Å². The number of hydrogen-bond donors (Lipinski definition) is 2. The van der Waals surface area contributed by atoms with E-state index in [1.165, 1.54) is 3.57 Å². The summed E-state index contributed by atoms with van der Waals surface area (Å²) in [5.74, 6) is -1.67. The third-order valence-electron chi connectivity index (χ3n) is 0.787. The number of carboxylic acids is 2. The number of halogens is 2. The van der Waals surface area contributed by atoms with Crippen molar-refractivity contribution in [2.45, 2.75) is 13.8 Å². The Morgan fingerprint density at radius 3 is 1.75 bits per heavy atom. The molecule has 1 aromatic rings. The van der Waals surface area contributed by atoms with Crippen LogP contribution >= 0.6 is 38.5 Å². The van der Waals surface area contributed by atoms with Crippen LogP contribution in [-0.2, 0) is 9.59 Å². The van der Waals surface area contributed by atoms with Gasteiger partial charge in [-0.1, -0.05) is 22.0 Å². The minimum Gasteiger partial charge on any atom is -0.481 e. The Balaban J connectivity index is 0. The van der Waals surface area contributed by atoms with Crippen molar-refractivity contribution in [3.05, 3.63) is 32.3 Å². The molecule has 0 aromatic heterocycles. The molecule has 6 heteroatoms. The highest BCUT2D eigenvalue weighted by atomic mass is 127. The van der Waals surface area contributed by atoms with Gasteiger partial charge in [0, 0.05) is 21.9 Å². The van der Waals surface area contributed by atoms with Crippen LogP contribution in [0.25, 0.3) is 0 Å². The SMILES string of the molecule is Brc1cccc(I)c1.CC(=O)O.CC(=O)O. The van der Waals surface area contributed by atoms with Crippen LogP contribution in [0.2, 0.25) is 0 Å². The van der Waals surface area contributed by atoms with Crippen molar-refractivity contribution in [2.75, 3.05) is 0 Å². The zero-order chi connectivity index (χ0) is 13.1. The second-order valence-electron chi connectivity index (χ2n) is 2.48. The third kappa shape index (κ3) is 23.3. The molecule has 16 heavy (non-hydrogen) atoms. The van der Waals surface area contributed by atoms with Gasteiger partial charge in [0.1, 0.15) is 0 Å². The normalized spacial score (nSPS) is 7.75. The van der Waals surface area contributed by atoms with Crippen molar-refractivity contribution in [3.8, 4) is 0 Å². The summed E-state index contributed by atoms with van der Waals surface area (Å²) in [6.45, 7) is 2.17. The first-order valence-electron chi connectivity index (χ1n) is 4.05. The van der Waals surface area contributed by atoms with Crippen molar-refractivity contribution < 1.29 is 19.8 Å². The van der Waals surface area contributed by atoms with Gasteiger partial charge in [0.25, 0.3) is 11.9 Å². The molecule has 0 spiro atoms. The van der Waals surface area contributed by atoms with Crippen LogP contribution < -0.4 is 0 Å². The molecule has 0 unspecified atom stereocenters. The lowest BCUT2D eigenvalue weighted by atomic mass is 10.4. The molecule has 0 aliphatic rings. The monoisotopic (exact) mass is 402 g/mol. The molecular formula is C10H12BrIO4. The first-order valence-corrected chi connectivity index (χ1v) is 5.93. The number of aliphatic carboxylic acids is 2. The van der Waals surface area contributed by atoms with E-state index in [0.717, 1.165) is 18.3 Å². The molecule has 1 rings (SSSR count). The number of carbonyl (C=O) groups is 2. The van der Waals surface area contributed by atoms with Gasteiger partial charge in [-0.3, -0.25) is 9.59 Å². The molecule has 0 fully saturated rings. The first kappa shape index (κ1) is 17.8. The van der Waals surface area contributed by atoms with Crippen LogP contribution in [0, 0.1) is 3.57 Å². The number of carboxylic acid groups (broad SMARTS) is 2. The summed E-state index contributed by atoms with van der Waals surface area (Å²) in [6, 6.07) is 8.17. The van der Waals surface area contributed by atoms with E-state index in [9.17, 15) is 0 Å². The molecule has 0 atom stereocenters. The zero-order valence-corrected chi connectivity index (χ0v) is 12.5. The number of hydrogen-bond acceptors (Lipinski definition) is 2. The third-order valence-corrected chi connectivity index (χ3v) is 1.95. The van der Waals surface area contributed by atoms with E-state index in [0.29, 0.717) is 0 Å². The molecule has 0 amide bonds. The van der Waals surface area contributed by atoms with Crippen LogP contribution in [0.15, 0.2) is 28.7 Å². The molecule has 0 aliphatic carbocycles. The van der Waals surface area contributed by atoms with Crippen molar-refractivity contribution in [2.24, 2.45) is 0 Å². The van der Waals surface area contributed by atoms with Crippen LogP contribution in [-0.4, -0.2) is 22.2 Å². The molecule has 0 saturated heterocycles. The van der Waals surface area contributed by atoms with Gasteiger partial charge in [0.05, 0.1) is 0 Å². The molecule has 0 bridgehead atoms. The summed E-state index contributed by atoms with van der Waals surface area (Å²) in [5, 5.41) is 14.8. The summed E-state index contributed by atoms with van der Waals surface area (Å²) in [5.41, 5.74) is 0. The molecule has 0 saturated carbocycles. The van der Waals surface area contributed by atoms with E-state index >= 15 is 0 Å². The van der Waals surface area contributed by atoms with Crippen molar-refractivity contribution >= 4 is 50.5 Å². The Bertz CT molecular complexity index is 304. The average molecular weight is 403 g/mol. The Morgan fingerprint density at radius 2 is 1.56 bits per heavy atom. The van der Waals surface area contributed by atoms with E-state index in [1.54, 1.807) is 0 Å². The fourth-order valence-corrected chi connectivity index (χ4v) is 1.83. The lowest BCUT2D eigenvalue weighted by Crippen LogP contribution is -1.78. The Kier molecular flexibility index (Phi) is 12.1. The highest BCUT2D eigenvalue weighted by Gasteiger charge is 1.84. The lowest BCUT2D eigenvalue weighted by molar-refractivity contribution is -0.135. The quantitative estimate of drug-likeness (QED) is 0.653. The molecule has 2 N–H and O–H groups in total. The fraction of sp³-hybridized carbons (Fsp3) is 0.200. The Hall–Kier alpha value is -0.630. The van der Waals surface area contributed by atoms with Crippen molar-refractivity contribution in [3.63, 3.8) is 0 Å². The van der Waals surface area contributed by atoms with Crippen LogP contribution in [0.5, 0.6) is 0 Å². The second-order valence-corrected chi connectivity index (χ2v) is 4.64. The summed E-state index contributed by atoms with van der Waals surface area (Å²) in [6.07, 6.45) is 0. The maximum atomic E-state index is 9.00. The molecule has 4 nitrogen and oxygen atoms in total. The van der Waals surface area contributed by atoms with Gasteiger partial charge in [-0.25, -0.2) is 0 Å². The molecule has 1 aromatic carbocycles. The van der Waals surface area contributed by atoms with Crippen LogP contribution in [0.4, 0.5) is 0 Å². The maximum Gasteiger partial charge on any atom is 0.300 e. The fourth-order valence-electron chi connectivity index (χ4n) is 0.460. The van der Waals surface area contributed by atoms with Crippen molar-refractivity contribution in [1.82, 2.24) is 0 Å². The minimum atomic E-state index is -0.833. The van der Waals surface area contributed by atoms with Gasteiger partial charge in [-0.05, 0) is 40.8 Å². The summed E-state index contributed by atoms with van der Waals surface area (Å²) >= 11 is 5.63. The largest absolute Gasteiger partial charge is 0.481 e. The summed E-state index contributed by atoms with van der Waals surface area (Å²) in [4.78, 5) is 18.0. The van der Waals surface area contributed by atoms with Crippen LogP contribution in [0.1, 0.15) is 13.8 Å². The zero-order valence-electron chi connectivity index (χ0n) is 8.78. The van der Waals surface area contributed by atoms with Crippen LogP contribution in [0.3, 0.4) is 0 Å². The summed E-state index contributed by atoms with van der Waals surface area (Å²) in [7, 11) is 0. The standard InChI is InChI=1S/C6H4BrI.2C2H4O2/c7-5-2-1-3-6(8)4-5;2*1-2(3)4/h1-4H;2*1H3,(H,3,4). The Labute approximate surface area is 116 Å². The second kappa shape index (κ2) is 10.9. The topological polar surface area (TPSA) is 74.6 Å². The highest BCUT2D eigenvalue weighted by Crippen LogP contribution is 2.12. The highest BCUT2D eigenvalue weighted by molar-refractivity contribution is 14.1. The molecule has 90 valence electrons. The first-order chi connectivity index (χ1) is 7.25. The van der Waals surface area contributed by atoms with E-state index < -0.39 is 11.9 Å². The van der Waals surface area contributed by atoms with Gasteiger partial charge in [0.15, 0.2) is 0 Å². The molecule has 0 heterocycles. The predicted octanol–water partition coefficient (Wildman–Crippen LogP) is 3.24. The molecule has 0 aliphatic heterocycles. The Morgan fingerprint density at radius 1 is 1.19 bits per heavy atom. The van der Waals surface area contributed by atoms with E-state index in [-0.39, 0.29) is 0 Å². The van der Waals surface area contributed by atoms with Gasteiger partial charge < -0.3 is 10.2 Å². The van der Waals surface area contributed by atoms with Gasteiger partial charge in [0.2, 0.25) is 0 Å². The van der Waals surface area contributed by atoms with E-state index in [4.69, 9.17) is 19.8 Å². The molecular weight excluding hydrogens is 391 g/mol. The van der Waals surface area contributed by atoms with Gasteiger partial charge >= 0.3 is 0 Å². The van der Waals surface area contributed by atoms with E-state index in [2.05, 4.69) is 50.7 Å². The van der Waals surface area contributed by atoms with Crippen molar-refractivity contribution in [1.29, 1.82) is 0 Å². The van der Waals surface area contributed by atoms with Gasteiger partial charge in [-0.15, -0.1) is 0 Å². The molecule has 0 radical (unpaired) electrons. The minimum absolute atomic E-state index is 0.833. The average Bonchev–Trinajstić information content (AvgIpc) is 2.00. The lowest BCUT2D eigenvalue weighted by Gasteiger charge is -1.87. The number of benzene rings is 1. The van der Waals surface area contributed by atoms with E-state index in [1.807, 2.05) is 12.1 Å². The smallest absolute Gasteiger partial charge is 0.300 e. The number of rotatable bonds is 0. The summed E-state index contributed by atoms with van der Waals surface area (Å²) < 4.78 is 2.40. The maximum absolute atomic E-state index is 9.00.